The van der Waals surface area contributed by atoms with E-state index in [0.29, 0.717) is 23.6 Å². The number of rotatable bonds is 8. The lowest BCUT2D eigenvalue weighted by Crippen LogP contribution is -2.09. The first-order chi connectivity index (χ1) is 13.4. The van der Waals surface area contributed by atoms with Crippen LogP contribution in [0.4, 0.5) is 8.78 Å². The highest BCUT2D eigenvalue weighted by Gasteiger charge is 2.16. The van der Waals surface area contributed by atoms with Crippen LogP contribution in [-0.4, -0.2) is 31.9 Å². The third kappa shape index (κ3) is 5.12. The first kappa shape index (κ1) is 19.9. The molecule has 3 aromatic rings. The van der Waals surface area contributed by atoms with E-state index in [4.69, 9.17) is 13.6 Å². The Morgan fingerprint density at radius 3 is 2.64 bits per heavy atom. The molecule has 0 amide bonds. The SMILES string of the molecule is Cc1nc(SC(F)F)nc(C)c1CCC(=O)OCc1nnc(-c2ccco2)o1. The molecule has 0 unspecified atom stereocenters. The number of carbonyl (C=O) groups excluding carboxylic acids is 1. The molecule has 3 heterocycles. The highest BCUT2D eigenvalue weighted by atomic mass is 32.2. The van der Waals surface area contributed by atoms with Crippen LogP contribution in [0.15, 0.2) is 32.4 Å². The second kappa shape index (κ2) is 8.91. The van der Waals surface area contributed by atoms with E-state index in [1.54, 1.807) is 26.0 Å². The molecule has 0 atom stereocenters. The van der Waals surface area contributed by atoms with Crippen LogP contribution in [-0.2, 0) is 22.6 Å². The smallest absolute Gasteiger partial charge is 0.306 e. The molecule has 3 aromatic heterocycles. The zero-order valence-corrected chi connectivity index (χ0v) is 15.8. The number of thioether (sulfide) groups is 1. The van der Waals surface area contributed by atoms with Gasteiger partial charge in [-0.15, -0.1) is 10.2 Å². The molecule has 0 aliphatic rings. The summed E-state index contributed by atoms with van der Waals surface area (Å²) >= 11 is 0.289. The van der Waals surface area contributed by atoms with Crippen molar-refractivity contribution in [2.24, 2.45) is 0 Å². The van der Waals surface area contributed by atoms with Crippen LogP contribution in [0, 0.1) is 13.8 Å². The number of aromatic nitrogens is 4. The van der Waals surface area contributed by atoms with Gasteiger partial charge in [0.05, 0.1) is 6.26 Å². The highest BCUT2D eigenvalue weighted by molar-refractivity contribution is 7.99. The maximum absolute atomic E-state index is 12.4. The van der Waals surface area contributed by atoms with Crippen LogP contribution in [0.3, 0.4) is 0 Å². The van der Waals surface area contributed by atoms with Crippen molar-refractivity contribution >= 4 is 17.7 Å². The van der Waals surface area contributed by atoms with E-state index < -0.39 is 11.7 Å². The number of halogens is 2. The van der Waals surface area contributed by atoms with E-state index in [1.807, 2.05) is 0 Å². The average molecular weight is 410 g/mol. The fourth-order valence-corrected chi connectivity index (χ4v) is 2.99. The molecule has 11 heteroatoms. The third-order valence-corrected chi connectivity index (χ3v) is 4.30. The van der Waals surface area contributed by atoms with Crippen molar-refractivity contribution < 1.29 is 27.1 Å². The number of hydrogen-bond donors (Lipinski definition) is 0. The van der Waals surface area contributed by atoms with Crippen molar-refractivity contribution in [3.05, 3.63) is 41.2 Å². The molecule has 0 aromatic carbocycles. The molecule has 0 saturated carbocycles. The minimum absolute atomic E-state index is 0.0140. The Morgan fingerprint density at radius 1 is 1.25 bits per heavy atom. The first-order valence-electron chi connectivity index (χ1n) is 8.23. The summed E-state index contributed by atoms with van der Waals surface area (Å²) in [5.41, 5.74) is 1.85. The van der Waals surface area contributed by atoms with Gasteiger partial charge in [0, 0.05) is 17.8 Å². The molecular formula is C17H16F2N4O4S. The molecular weight excluding hydrogens is 394 g/mol. The van der Waals surface area contributed by atoms with Crippen molar-refractivity contribution in [2.75, 3.05) is 0 Å². The van der Waals surface area contributed by atoms with E-state index >= 15 is 0 Å². The van der Waals surface area contributed by atoms with E-state index in [9.17, 15) is 13.6 Å². The summed E-state index contributed by atoms with van der Waals surface area (Å²) in [5.74, 6) is -2.30. The third-order valence-electron chi connectivity index (χ3n) is 3.73. The lowest BCUT2D eigenvalue weighted by atomic mass is 10.1. The monoisotopic (exact) mass is 410 g/mol. The van der Waals surface area contributed by atoms with Crippen LogP contribution in [0.2, 0.25) is 0 Å². The summed E-state index contributed by atoms with van der Waals surface area (Å²) in [6.07, 6.45) is 1.88. The Balaban J connectivity index is 1.52. The normalized spacial score (nSPS) is 11.2. The second-order valence-corrected chi connectivity index (χ2v) is 6.63. The summed E-state index contributed by atoms with van der Waals surface area (Å²) < 4.78 is 40.5. The van der Waals surface area contributed by atoms with E-state index in [1.165, 1.54) is 6.26 Å². The van der Waals surface area contributed by atoms with Crippen molar-refractivity contribution in [3.8, 4) is 11.7 Å². The van der Waals surface area contributed by atoms with Gasteiger partial charge in [-0.1, -0.05) is 0 Å². The minimum Gasteiger partial charge on any atom is -0.459 e. The molecule has 28 heavy (non-hydrogen) atoms. The zero-order valence-electron chi connectivity index (χ0n) is 15.0. The largest absolute Gasteiger partial charge is 0.459 e. The molecule has 0 N–H and O–H groups in total. The Labute approximate surface area is 162 Å². The average Bonchev–Trinajstić information content (AvgIpc) is 3.30. The lowest BCUT2D eigenvalue weighted by Gasteiger charge is -2.10. The number of esters is 1. The van der Waals surface area contributed by atoms with Crippen LogP contribution >= 0.6 is 11.8 Å². The summed E-state index contributed by atoms with van der Waals surface area (Å²) in [5, 5.41) is 7.61. The van der Waals surface area contributed by atoms with Crippen molar-refractivity contribution in [3.63, 3.8) is 0 Å². The van der Waals surface area contributed by atoms with Gasteiger partial charge in [0.1, 0.15) is 0 Å². The number of aryl methyl sites for hydroxylation is 2. The fraction of sp³-hybridized carbons (Fsp3) is 0.353. The van der Waals surface area contributed by atoms with Crippen LogP contribution in [0.1, 0.15) is 29.3 Å². The number of ether oxygens (including phenoxy) is 1. The lowest BCUT2D eigenvalue weighted by molar-refractivity contribution is -0.145. The van der Waals surface area contributed by atoms with Gasteiger partial charge < -0.3 is 13.6 Å². The van der Waals surface area contributed by atoms with Gasteiger partial charge >= 0.3 is 5.97 Å². The zero-order chi connectivity index (χ0) is 20.1. The van der Waals surface area contributed by atoms with Gasteiger partial charge in [0.15, 0.2) is 17.5 Å². The van der Waals surface area contributed by atoms with Crippen molar-refractivity contribution in [1.82, 2.24) is 20.2 Å². The number of alkyl halides is 2. The van der Waals surface area contributed by atoms with Gasteiger partial charge in [-0.3, -0.25) is 4.79 Å². The highest BCUT2D eigenvalue weighted by Crippen LogP contribution is 2.24. The van der Waals surface area contributed by atoms with Gasteiger partial charge in [-0.2, -0.15) is 8.78 Å². The first-order valence-corrected chi connectivity index (χ1v) is 9.11. The topological polar surface area (TPSA) is 104 Å². The minimum atomic E-state index is -2.59. The molecule has 0 spiro atoms. The van der Waals surface area contributed by atoms with Gasteiger partial charge in [0.2, 0.25) is 0 Å². The Bertz CT molecular complexity index is 924. The van der Waals surface area contributed by atoms with Crippen molar-refractivity contribution in [2.45, 2.75) is 44.2 Å². The quantitative estimate of drug-likeness (QED) is 0.312. The fourth-order valence-electron chi connectivity index (χ4n) is 2.46. The van der Waals surface area contributed by atoms with Gasteiger partial charge in [-0.25, -0.2) is 9.97 Å². The number of carbonyl (C=O) groups is 1. The Morgan fingerprint density at radius 2 is 2.00 bits per heavy atom. The maximum Gasteiger partial charge on any atom is 0.306 e. The van der Waals surface area contributed by atoms with E-state index in [-0.39, 0.29) is 41.7 Å². The maximum atomic E-state index is 12.4. The Kier molecular flexibility index (Phi) is 6.34. The van der Waals surface area contributed by atoms with Gasteiger partial charge in [0.25, 0.3) is 17.5 Å². The molecule has 148 valence electrons. The summed E-state index contributed by atoms with van der Waals surface area (Å²) in [4.78, 5) is 20.1. The predicted octanol–water partition coefficient (Wildman–Crippen LogP) is 3.73. The molecule has 0 aliphatic heterocycles. The summed E-state index contributed by atoms with van der Waals surface area (Å²) in [6, 6.07) is 3.35. The number of nitrogens with zero attached hydrogens (tertiary/aromatic N) is 4. The molecule has 0 aliphatic carbocycles. The Hall–Kier alpha value is -2.82. The molecule has 0 fully saturated rings. The van der Waals surface area contributed by atoms with Crippen LogP contribution in [0.5, 0.6) is 0 Å². The van der Waals surface area contributed by atoms with Crippen LogP contribution < -0.4 is 0 Å². The summed E-state index contributed by atoms with van der Waals surface area (Å²) in [7, 11) is 0. The number of furan rings is 1. The predicted molar refractivity (Wildman–Crippen MR) is 93.5 cm³/mol. The number of hydrogen-bond acceptors (Lipinski definition) is 9. The molecule has 8 nitrogen and oxygen atoms in total. The standard InChI is InChI=1S/C17H16F2N4O4S/c1-9-11(10(2)21-17(20-9)28-16(18)19)5-6-14(24)26-8-13-22-23-15(27-13)12-4-3-7-25-12/h3-4,7,16H,5-6,8H2,1-2H3. The second-order valence-electron chi connectivity index (χ2n) is 5.67. The molecule has 0 bridgehead atoms. The molecule has 0 radical (unpaired) electrons. The van der Waals surface area contributed by atoms with Gasteiger partial charge in [-0.05, 0) is 49.7 Å². The van der Waals surface area contributed by atoms with Crippen LogP contribution in [0.25, 0.3) is 11.7 Å². The molecule has 0 saturated heterocycles. The summed E-state index contributed by atoms with van der Waals surface area (Å²) in [6.45, 7) is 3.23. The van der Waals surface area contributed by atoms with E-state index in [2.05, 4.69) is 20.2 Å². The molecule has 3 rings (SSSR count). The van der Waals surface area contributed by atoms with E-state index in [0.717, 1.165) is 5.56 Å². The van der Waals surface area contributed by atoms with Crippen molar-refractivity contribution in [1.29, 1.82) is 0 Å².